The van der Waals surface area contributed by atoms with Crippen LogP contribution in [0.3, 0.4) is 0 Å². The Labute approximate surface area is 118 Å². The third-order valence-corrected chi connectivity index (χ3v) is 2.42. The van der Waals surface area contributed by atoms with Gasteiger partial charge in [-0.3, -0.25) is 9.59 Å². The molecule has 1 rings (SSSR count). The predicted molar refractivity (Wildman–Crippen MR) is 76.8 cm³/mol. The number of ether oxygens (including phenoxy) is 1. The monoisotopic (exact) mass is 279 g/mol. The smallest absolute Gasteiger partial charge is 0.271 e. The molecule has 0 aliphatic rings. The largest absolute Gasteiger partial charge is 0.375 e. The molecule has 1 aromatic heterocycles. The summed E-state index contributed by atoms with van der Waals surface area (Å²) in [6.07, 6.45) is 0.784. The highest BCUT2D eigenvalue weighted by molar-refractivity contribution is 5.91. The van der Waals surface area contributed by atoms with E-state index in [9.17, 15) is 9.59 Å². The SMILES string of the molecule is C=C(C)COCCNC(=O)c1ccc(=O)n(CCC)n1. The van der Waals surface area contributed by atoms with Crippen molar-refractivity contribution in [3.8, 4) is 0 Å². The van der Waals surface area contributed by atoms with Crippen molar-refractivity contribution in [2.24, 2.45) is 0 Å². The van der Waals surface area contributed by atoms with E-state index in [1.54, 1.807) is 0 Å². The predicted octanol–water partition coefficient (Wildman–Crippen LogP) is 0.976. The lowest BCUT2D eigenvalue weighted by atomic mass is 10.3. The number of hydrogen-bond donors (Lipinski definition) is 1. The van der Waals surface area contributed by atoms with Crippen molar-refractivity contribution in [3.05, 3.63) is 40.3 Å². The molecule has 0 spiro atoms. The van der Waals surface area contributed by atoms with E-state index in [2.05, 4.69) is 17.0 Å². The highest BCUT2D eigenvalue weighted by atomic mass is 16.5. The number of aromatic nitrogens is 2. The van der Waals surface area contributed by atoms with Crippen molar-refractivity contribution in [3.63, 3.8) is 0 Å². The summed E-state index contributed by atoms with van der Waals surface area (Å²) >= 11 is 0. The Morgan fingerprint density at radius 2 is 2.25 bits per heavy atom. The van der Waals surface area contributed by atoms with Crippen LogP contribution in [0.25, 0.3) is 0 Å². The summed E-state index contributed by atoms with van der Waals surface area (Å²) < 4.78 is 6.57. The van der Waals surface area contributed by atoms with Crippen LogP contribution < -0.4 is 10.9 Å². The fraction of sp³-hybridized carbons (Fsp3) is 0.500. The van der Waals surface area contributed by atoms with Gasteiger partial charge in [-0.25, -0.2) is 4.68 Å². The highest BCUT2D eigenvalue weighted by Crippen LogP contribution is 1.92. The van der Waals surface area contributed by atoms with Crippen LogP contribution in [0.2, 0.25) is 0 Å². The molecule has 1 heterocycles. The average Bonchev–Trinajstić information content (AvgIpc) is 2.40. The van der Waals surface area contributed by atoms with Crippen molar-refractivity contribution < 1.29 is 9.53 Å². The zero-order valence-corrected chi connectivity index (χ0v) is 12.0. The normalized spacial score (nSPS) is 10.3. The molecule has 0 aromatic carbocycles. The van der Waals surface area contributed by atoms with E-state index in [-0.39, 0.29) is 17.2 Å². The Hall–Kier alpha value is -1.95. The molecule has 6 nitrogen and oxygen atoms in total. The second-order valence-electron chi connectivity index (χ2n) is 4.55. The van der Waals surface area contributed by atoms with E-state index in [0.29, 0.717) is 26.3 Å². The second kappa shape index (κ2) is 8.27. The third kappa shape index (κ3) is 5.36. The van der Waals surface area contributed by atoms with Gasteiger partial charge in [-0.15, -0.1) is 0 Å². The second-order valence-corrected chi connectivity index (χ2v) is 4.55. The molecule has 0 aliphatic carbocycles. The lowest BCUT2D eigenvalue weighted by Gasteiger charge is -2.07. The van der Waals surface area contributed by atoms with E-state index in [0.717, 1.165) is 12.0 Å². The Bertz CT molecular complexity index is 523. The van der Waals surface area contributed by atoms with Crippen molar-refractivity contribution in [2.45, 2.75) is 26.8 Å². The Morgan fingerprint density at radius 3 is 2.90 bits per heavy atom. The summed E-state index contributed by atoms with van der Waals surface area (Å²) in [4.78, 5) is 23.3. The van der Waals surface area contributed by atoms with Crippen LogP contribution in [0, 0.1) is 0 Å². The maximum absolute atomic E-state index is 11.8. The molecular formula is C14H21N3O3. The minimum absolute atomic E-state index is 0.201. The number of amides is 1. The molecule has 6 heteroatoms. The molecule has 0 aliphatic heterocycles. The van der Waals surface area contributed by atoms with Crippen molar-refractivity contribution in [2.75, 3.05) is 19.8 Å². The Morgan fingerprint density at radius 1 is 1.50 bits per heavy atom. The summed E-state index contributed by atoms with van der Waals surface area (Å²) in [5.74, 6) is -0.311. The topological polar surface area (TPSA) is 73.2 Å². The molecule has 1 N–H and O–H groups in total. The molecule has 1 aromatic rings. The molecular weight excluding hydrogens is 258 g/mol. The Kier molecular flexibility index (Phi) is 6.66. The molecule has 0 bridgehead atoms. The van der Waals surface area contributed by atoms with Crippen molar-refractivity contribution in [1.82, 2.24) is 15.1 Å². The van der Waals surface area contributed by atoms with Gasteiger partial charge in [0, 0.05) is 19.2 Å². The van der Waals surface area contributed by atoms with Crippen LogP contribution in [0.5, 0.6) is 0 Å². The maximum atomic E-state index is 11.8. The number of nitrogens with one attached hydrogen (secondary N) is 1. The molecule has 0 saturated heterocycles. The van der Waals surface area contributed by atoms with Crippen LogP contribution in [0.4, 0.5) is 0 Å². The van der Waals surface area contributed by atoms with Gasteiger partial charge in [-0.2, -0.15) is 5.10 Å². The molecule has 0 atom stereocenters. The first kappa shape index (κ1) is 16.1. The van der Waals surface area contributed by atoms with Gasteiger partial charge in [0.05, 0.1) is 13.2 Å². The van der Waals surface area contributed by atoms with Crippen LogP contribution in [-0.2, 0) is 11.3 Å². The molecule has 0 radical (unpaired) electrons. The van der Waals surface area contributed by atoms with Gasteiger partial charge in [0.25, 0.3) is 11.5 Å². The van der Waals surface area contributed by atoms with E-state index < -0.39 is 0 Å². The van der Waals surface area contributed by atoms with Gasteiger partial charge in [0.1, 0.15) is 5.69 Å². The van der Waals surface area contributed by atoms with E-state index in [1.807, 2.05) is 13.8 Å². The highest BCUT2D eigenvalue weighted by Gasteiger charge is 2.08. The van der Waals surface area contributed by atoms with Crippen LogP contribution in [0.1, 0.15) is 30.8 Å². The first-order chi connectivity index (χ1) is 9.54. The first-order valence-electron chi connectivity index (χ1n) is 6.63. The van der Waals surface area contributed by atoms with Crippen molar-refractivity contribution in [1.29, 1.82) is 0 Å². The van der Waals surface area contributed by atoms with Gasteiger partial charge in [0.2, 0.25) is 0 Å². The average molecular weight is 279 g/mol. The molecule has 0 unspecified atom stereocenters. The van der Waals surface area contributed by atoms with E-state index in [4.69, 9.17) is 4.74 Å². The molecule has 1 amide bonds. The summed E-state index contributed by atoms with van der Waals surface area (Å²) in [6, 6.07) is 2.79. The molecule has 110 valence electrons. The lowest BCUT2D eigenvalue weighted by molar-refractivity contribution is 0.0919. The Balaban J connectivity index is 2.49. The number of carbonyl (C=O) groups is 1. The zero-order chi connectivity index (χ0) is 15.0. The number of carbonyl (C=O) groups excluding carboxylic acids is 1. The quantitative estimate of drug-likeness (QED) is 0.568. The minimum Gasteiger partial charge on any atom is -0.375 e. The lowest BCUT2D eigenvalue weighted by Crippen LogP contribution is -2.31. The number of rotatable bonds is 8. The van der Waals surface area contributed by atoms with Crippen molar-refractivity contribution >= 4 is 5.91 Å². The molecule has 0 saturated carbocycles. The van der Waals surface area contributed by atoms with Gasteiger partial charge < -0.3 is 10.1 Å². The van der Waals surface area contributed by atoms with E-state index >= 15 is 0 Å². The summed E-state index contributed by atoms with van der Waals surface area (Å²) in [7, 11) is 0. The van der Waals surface area contributed by atoms with Gasteiger partial charge >= 0.3 is 0 Å². The van der Waals surface area contributed by atoms with Crippen LogP contribution >= 0.6 is 0 Å². The van der Waals surface area contributed by atoms with Gasteiger partial charge in [-0.05, 0) is 19.4 Å². The summed E-state index contributed by atoms with van der Waals surface area (Å²) in [5, 5.41) is 6.72. The molecule has 20 heavy (non-hydrogen) atoms. The van der Waals surface area contributed by atoms with E-state index in [1.165, 1.54) is 16.8 Å². The van der Waals surface area contributed by atoms with Crippen LogP contribution in [-0.4, -0.2) is 35.4 Å². The number of hydrogen-bond acceptors (Lipinski definition) is 4. The van der Waals surface area contributed by atoms with Gasteiger partial charge in [-0.1, -0.05) is 19.1 Å². The fourth-order valence-corrected chi connectivity index (χ4v) is 1.52. The van der Waals surface area contributed by atoms with Crippen LogP contribution in [0.15, 0.2) is 29.1 Å². The summed E-state index contributed by atoms with van der Waals surface area (Å²) in [6.45, 7) is 9.32. The summed E-state index contributed by atoms with van der Waals surface area (Å²) in [5.41, 5.74) is 0.968. The van der Waals surface area contributed by atoms with Gasteiger partial charge in [0.15, 0.2) is 0 Å². The zero-order valence-electron chi connectivity index (χ0n) is 12.0. The molecule has 0 fully saturated rings. The third-order valence-electron chi connectivity index (χ3n) is 2.42. The fourth-order valence-electron chi connectivity index (χ4n) is 1.52. The number of nitrogens with zero attached hydrogens (tertiary/aromatic N) is 2. The number of aryl methyl sites for hydroxylation is 1. The first-order valence-corrected chi connectivity index (χ1v) is 6.63. The standard InChI is InChI=1S/C14H21N3O3/c1-4-8-17-13(18)6-5-12(16-17)14(19)15-7-9-20-10-11(2)3/h5-6H,2,4,7-10H2,1,3H3,(H,15,19). The minimum atomic E-state index is -0.311. The maximum Gasteiger partial charge on any atom is 0.271 e.